The first-order valence-corrected chi connectivity index (χ1v) is 5.78. The summed E-state index contributed by atoms with van der Waals surface area (Å²) in [5, 5.41) is 2.79. The van der Waals surface area contributed by atoms with E-state index in [-0.39, 0.29) is 18.0 Å². The van der Waals surface area contributed by atoms with E-state index in [1.807, 2.05) is 9.80 Å². The summed E-state index contributed by atoms with van der Waals surface area (Å²) in [7, 11) is 0. The molecule has 2 aliphatic rings. The van der Waals surface area contributed by atoms with Crippen LogP contribution >= 0.6 is 12.6 Å². The van der Waals surface area contributed by atoms with Crippen molar-refractivity contribution in [2.45, 2.75) is 12.5 Å². The zero-order chi connectivity index (χ0) is 10.8. The molecule has 1 N–H and O–H groups in total. The highest BCUT2D eigenvalue weighted by molar-refractivity contribution is 7.80. The van der Waals surface area contributed by atoms with Crippen molar-refractivity contribution in [2.75, 3.05) is 31.9 Å². The fourth-order valence-electron chi connectivity index (χ4n) is 2.08. The second-order valence-corrected chi connectivity index (χ2v) is 4.29. The van der Waals surface area contributed by atoms with Gasteiger partial charge in [0.05, 0.1) is 6.04 Å². The zero-order valence-electron chi connectivity index (χ0n) is 8.48. The third-order valence-corrected chi connectivity index (χ3v) is 3.13. The fraction of sp³-hybridized carbons (Fsp3) is 0.778. The van der Waals surface area contributed by atoms with Gasteiger partial charge in [-0.2, -0.15) is 12.6 Å². The summed E-state index contributed by atoms with van der Waals surface area (Å²) in [5.74, 6) is 0.727. The second kappa shape index (κ2) is 4.30. The van der Waals surface area contributed by atoms with E-state index in [0.29, 0.717) is 38.4 Å². The summed E-state index contributed by atoms with van der Waals surface area (Å²) in [4.78, 5) is 26.6. The van der Waals surface area contributed by atoms with Gasteiger partial charge in [-0.3, -0.25) is 4.79 Å². The van der Waals surface area contributed by atoms with Crippen LogP contribution in [0.3, 0.4) is 0 Å². The topological polar surface area (TPSA) is 52.7 Å². The van der Waals surface area contributed by atoms with Gasteiger partial charge in [0.25, 0.3) is 0 Å². The molecule has 0 aromatic carbocycles. The van der Waals surface area contributed by atoms with E-state index < -0.39 is 0 Å². The maximum atomic E-state index is 11.6. The van der Waals surface area contributed by atoms with Crippen LogP contribution in [0.1, 0.15) is 6.42 Å². The molecule has 0 saturated carbocycles. The molecule has 2 rings (SSSR count). The summed E-state index contributed by atoms with van der Waals surface area (Å²) in [6.45, 7) is 2.61. The number of hydrogen-bond donors (Lipinski definition) is 2. The molecular formula is C9H15N3O2S. The lowest BCUT2D eigenvalue weighted by Gasteiger charge is -2.36. The van der Waals surface area contributed by atoms with Crippen LogP contribution in [0, 0.1) is 0 Å². The summed E-state index contributed by atoms with van der Waals surface area (Å²) >= 11 is 4.04. The van der Waals surface area contributed by atoms with Crippen LogP contribution in [0.5, 0.6) is 0 Å². The third-order valence-electron chi connectivity index (χ3n) is 2.91. The van der Waals surface area contributed by atoms with E-state index in [9.17, 15) is 9.59 Å². The highest BCUT2D eigenvalue weighted by Gasteiger charge is 2.36. The minimum Gasteiger partial charge on any atom is -0.339 e. The van der Waals surface area contributed by atoms with E-state index in [1.54, 1.807) is 0 Å². The molecule has 0 spiro atoms. The lowest BCUT2D eigenvalue weighted by molar-refractivity contribution is -0.132. The molecule has 84 valence electrons. The van der Waals surface area contributed by atoms with E-state index >= 15 is 0 Å². The molecule has 1 atom stereocenters. The molecule has 2 fully saturated rings. The largest absolute Gasteiger partial charge is 0.339 e. The molecule has 15 heavy (non-hydrogen) atoms. The van der Waals surface area contributed by atoms with Gasteiger partial charge in [-0.15, -0.1) is 0 Å². The summed E-state index contributed by atoms with van der Waals surface area (Å²) < 4.78 is 0. The molecule has 0 aromatic heterocycles. The predicted molar refractivity (Wildman–Crippen MR) is 58.9 cm³/mol. The number of rotatable bonds is 2. The molecule has 5 nitrogen and oxygen atoms in total. The summed E-state index contributed by atoms with van der Waals surface area (Å²) in [6, 6.07) is 0.163. The Kier molecular flexibility index (Phi) is 3.04. The van der Waals surface area contributed by atoms with Crippen LogP contribution in [0.2, 0.25) is 0 Å². The quantitative estimate of drug-likeness (QED) is 0.630. The lowest BCUT2D eigenvalue weighted by atomic mass is 10.2. The lowest BCUT2D eigenvalue weighted by Crippen LogP contribution is -2.53. The molecule has 1 unspecified atom stereocenters. The molecule has 0 aliphatic carbocycles. The first-order valence-electron chi connectivity index (χ1n) is 5.15. The highest BCUT2D eigenvalue weighted by atomic mass is 32.1. The molecule has 2 aliphatic heterocycles. The normalized spacial score (nSPS) is 25.1. The third kappa shape index (κ3) is 2.04. The average molecular weight is 229 g/mol. The van der Waals surface area contributed by atoms with Gasteiger partial charge in [0.15, 0.2) is 0 Å². The predicted octanol–water partition coefficient (Wildman–Crippen LogP) is -0.458. The van der Waals surface area contributed by atoms with E-state index in [4.69, 9.17) is 0 Å². The standard InChI is InChI=1S/C9H15N3O2S/c13-8(1-4-15)11-2-3-12-7(6-11)5-10-9(12)14/h7,15H,1-6H2,(H,10,14). The van der Waals surface area contributed by atoms with Crippen LogP contribution in [0.15, 0.2) is 0 Å². The first kappa shape index (κ1) is 10.6. The number of carbonyl (C=O) groups is 2. The number of amides is 3. The van der Waals surface area contributed by atoms with E-state index in [0.717, 1.165) is 0 Å². The molecule has 2 heterocycles. The van der Waals surface area contributed by atoms with E-state index in [1.165, 1.54) is 0 Å². The van der Waals surface area contributed by atoms with Crippen molar-refractivity contribution in [3.05, 3.63) is 0 Å². The molecular weight excluding hydrogens is 214 g/mol. The number of nitrogens with one attached hydrogen (secondary N) is 1. The highest BCUT2D eigenvalue weighted by Crippen LogP contribution is 2.14. The monoisotopic (exact) mass is 229 g/mol. The summed E-state index contributed by atoms with van der Waals surface area (Å²) in [5.41, 5.74) is 0. The summed E-state index contributed by atoms with van der Waals surface area (Å²) in [6.07, 6.45) is 0.483. The molecule has 0 bridgehead atoms. The van der Waals surface area contributed by atoms with Gasteiger partial charge in [0.2, 0.25) is 5.91 Å². The van der Waals surface area contributed by atoms with Crippen LogP contribution < -0.4 is 5.32 Å². The Bertz CT molecular complexity index is 285. The van der Waals surface area contributed by atoms with Gasteiger partial charge in [-0.1, -0.05) is 0 Å². The van der Waals surface area contributed by atoms with Crippen molar-refractivity contribution >= 4 is 24.6 Å². The number of piperazine rings is 1. The Labute approximate surface area is 94.2 Å². The minimum absolute atomic E-state index is 0.00120. The molecule has 3 amide bonds. The van der Waals surface area contributed by atoms with Crippen molar-refractivity contribution in [1.82, 2.24) is 15.1 Å². The Morgan fingerprint density at radius 1 is 1.53 bits per heavy atom. The van der Waals surface area contributed by atoms with Crippen molar-refractivity contribution in [3.8, 4) is 0 Å². The number of carbonyl (C=O) groups excluding carboxylic acids is 2. The minimum atomic E-state index is 0.00120. The number of nitrogens with zero attached hydrogens (tertiary/aromatic N) is 2. The molecule has 0 aromatic rings. The van der Waals surface area contributed by atoms with Crippen LogP contribution in [-0.4, -0.2) is 59.7 Å². The SMILES string of the molecule is O=C(CCS)N1CCN2C(=O)NCC2C1. The maximum absolute atomic E-state index is 11.6. The van der Waals surface area contributed by atoms with Crippen molar-refractivity contribution < 1.29 is 9.59 Å². The van der Waals surface area contributed by atoms with Gasteiger partial charge in [-0.05, 0) is 5.75 Å². The van der Waals surface area contributed by atoms with Gasteiger partial charge in [0.1, 0.15) is 0 Å². The number of urea groups is 1. The Morgan fingerprint density at radius 3 is 3.07 bits per heavy atom. The Hall–Kier alpha value is -0.910. The Morgan fingerprint density at radius 2 is 2.33 bits per heavy atom. The fourth-order valence-corrected chi connectivity index (χ4v) is 2.28. The molecule has 2 saturated heterocycles. The number of thiol groups is 1. The van der Waals surface area contributed by atoms with E-state index in [2.05, 4.69) is 17.9 Å². The van der Waals surface area contributed by atoms with Gasteiger partial charge < -0.3 is 15.1 Å². The van der Waals surface area contributed by atoms with Crippen molar-refractivity contribution in [1.29, 1.82) is 0 Å². The first-order chi connectivity index (χ1) is 7.22. The van der Waals surface area contributed by atoms with Crippen LogP contribution in [0.4, 0.5) is 4.79 Å². The Balaban J connectivity index is 1.93. The zero-order valence-corrected chi connectivity index (χ0v) is 9.37. The smallest absolute Gasteiger partial charge is 0.317 e. The van der Waals surface area contributed by atoms with Gasteiger partial charge in [-0.25, -0.2) is 4.79 Å². The second-order valence-electron chi connectivity index (χ2n) is 3.85. The number of hydrogen-bond acceptors (Lipinski definition) is 3. The average Bonchev–Trinajstić information content (AvgIpc) is 2.60. The maximum Gasteiger partial charge on any atom is 0.317 e. The van der Waals surface area contributed by atoms with Crippen LogP contribution in [0.25, 0.3) is 0 Å². The van der Waals surface area contributed by atoms with Gasteiger partial charge >= 0.3 is 6.03 Å². The van der Waals surface area contributed by atoms with Gasteiger partial charge in [0, 0.05) is 32.6 Å². The number of fused-ring (bicyclic) bond motifs is 1. The molecule has 6 heteroatoms. The van der Waals surface area contributed by atoms with Crippen LogP contribution in [-0.2, 0) is 4.79 Å². The van der Waals surface area contributed by atoms with Crippen molar-refractivity contribution in [2.24, 2.45) is 0 Å². The van der Waals surface area contributed by atoms with Crippen molar-refractivity contribution in [3.63, 3.8) is 0 Å². The molecule has 0 radical (unpaired) electrons.